The van der Waals surface area contributed by atoms with Crippen molar-refractivity contribution in [1.82, 2.24) is 10.2 Å². The van der Waals surface area contributed by atoms with E-state index in [0.29, 0.717) is 5.02 Å². The Morgan fingerprint density at radius 3 is 2.42 bits per heavy atom. The van der Waals surface area contributed by atoms with Crippen LogP contribution in [0.25, 0.3) is 0 Å². The number of hydrogen-bond acceptors (Lipinski definition) is 4. The summed E-state index contributed by atoms with van der Waals surface area (Å²) in [4.78, 5) is 26.0. The van der Waals surface area contributed by atoms with Crippen molar-refractivity contribution in [3.63, 3.8) is 0 Å². The summed E-state index contributed by atoms with van der Waals surface area (Å²) in [6, 6.07) is 10.3. The van der Waals surface area contributed by atoms with Gasteiger partial charge in [0.1, 0.15) is 5.54 Å². The van der Waals surface area contributed by atoms with E-state index in [4.69, 9.17) is 16.3 Å². The maximum Gasteiger partial charge on any atom is 0.416 e. The van der Waals surface area contributed by atoms with Gasteiger partial charge in [0.05, 0.1) is 31.4 Å². The van der Waals surface area contributed by atoms with Gasteiger partial charge >= 0.3 is 12.2 Å². The lowest BCUT2D eigenvalue weighted by atomic mass is 9.91. The maximum atomic E-state index is 12.8. The molecule has 3 rings (SSSR count). The second kappa shape index (κ2) is 8.86. The summed E-state index contributed by atoms with van der Waals surface area (Å²) in [6.07, 6.45) is -5.67. The van der Waals surface area contributed by atoms with Crippen molar-refractivity contribution in [1.29, 1.82) is 0 Å². The topological polar surface area (TPSA) is 78.9 Å². The largest absolute Gasteiger partial charge is 0.416 e. The average Bonchev–Trinajstić information content (AvgIpc) is 2.93. The second-order valence-corrected chi connectivity index (χ2v) is 7.71. The van der Waals surface area contributed by atoms with E-state index in [-0.39, 0.29) is 25.3 Å². The summed E-state index contributed by atoms with van der Waals surface area (Å²) in [5, 5.41) is 13.2. The van der Waals surface area contributed by atoms with Crippen molar-refractivity contribution in [2.75, 3.05) is 13.2 Å². The van der Waals surface area contributed by atoms with Crippen LogP contribution in [0.2, 0.25) is 5.02 Å². The van der Waals surface area contributed by atoms with E-state index in [2.05, 4.69) is 5.32 Å². The zero-order valence-corrected chi connectivity index (χ0v) is 17.2. The molecule has 2 aromatic carbocycles. The third-order valence-corrected chi connectivity index (χ3v) is 5.35. The molecule has 2 unspecified atom stereocenters. The third-order valence-electron chi connectivity index (χ3n) is 4.98. The highest BCUT2D eigenvalue weighted by atomic mass is 35.5. The first kappa shape index (κ1) is 23.1. The van der Waals surface area contributed by atoms with E-state index in [9.17, 15) is 27.9 Å². The third kappa shape index (κ3) is 5.00. The standard InChI is InChI=1S/C21H20ClF3N2O4/c1-20(14-6-8-15(9-7-14)21(23,24)25)18(29)27(19(30)26-20)10-16(28)12-31-11-13-4-2-3-5-17(13)22/h2-9,16,28H,10-12H2,1H3,(H,26,30). The van der Waals surface area contributed by atoms with E-state index in [1.54, 1.807) is 24.3 Å². The van der Waals surface area contributed by atoms with Gasteiger partial charge in [0.25, 0.3) is 5.91 Å². The predicted molar refractivity (Wildman–Crippen MR) is 106 cm³/mol. The van der Waals surface area contributed by atoms with Crippen molar-refractivity contribution in [3.05, 3.63) is 70.2 Å². The molecule has 0 aliphatic carbocycles. The highest BCUT2D eigenvalue weighted by Gasteiger charge is 2.49. The molecule has 10 heteroatoms. The number of aliphatic hydroxyl groups excluding tert-OH is 1. The van der Waals surface area contributed by atoms with Crippen LogP contribution in [0, 0.1) is 0 Å². The zero-order chi connectivity index (χ0) is 22.8. The number of nitrogens with one attached hydrogen (secondary N) is 1. The Hall–Kier alpha value is -2.62. The van der Waals surface area contributed by atoms with Crippen molar-refractivity contribution in [2.24, 2.45) is 0 Å². The van der Waals surface area contributed by atoms with Crippen molar-refractivity contribution in [2.45, 2.75) is 31.3 Å². The number of ether oxygens (including phenoxy) is 1. The first-order valence-corrected chi connectivity index (χ1v) is 9.71. The summed E-state index contributed by atoms with van der Waals surface area (Å²) < 4.78 is 43.7. The number of alkyl halides is 3. The SMILES string of the molecule is CC1(c2ccc(C(F)(F)F)cc2)NC(=O)N(CC(O)COCc2ccccc2Cl)C1=O. The maximum absolute atomic E-state index is 12.8. The van der Waals surface area contributed by atoms with Crippen molar-refractivity contribution in [3.8, 4) is 0 Å². The number of aliphatic hydroxyl groups is 1. The van der Waals surface area contributed by atoms with Gasteiger partial charge in [-0.3, -0.25) is 9.69 Å². The summed E-state index contributed by atoms with van der Waals surface area (Å²) in [5.74, 6) is -0.678. The normalized spacial score (nSPS) is 20.1. The lowest BCUT2D eigenvalue weighted by Crippen LogP contribution is -2.42. The highest BCUT2D eigenvalue weighted by Crippen LogP contribution is 2.33. The molecule has 6 nitrogen and oxygen atoms in total. The fraction of sp³-hybridized carbons (Fsp3) is 0.333. The number of amides is 3. The van der Waals surface area contributed by atoms with Gasteiger partial charge in [0, 0.05) is 5.02 Å². The van der Waals surface area contributed by atoms with E-state index in [1.807, 2.05) is 0 Å². The molecule has 0 bridgehead atoms. The molecule has 3 amide bonds. The predicted octanol–water partition coefficient (Wildman–Crippen LogP) is 3.70. The van der Waals surface area contributed by atoms with Crippen LogP contribution >= 0.6 is 11.6 Å². The smallest absolute Gasteiger partial charge is 0.389 e. The summed E-state index contributed by atoms with van der Waals surface area (Å²) in [6.45, 7) is 1.05. The number of hydrogen-bond donors (Lipinski definition) is 2. The molecule has 31 heavy (non-hydrogen) atoms. The molecule has 166 valence electrons. The molecular formula is C21H20ClF3N2O4. The van der Waals surface area contributed by atoms with Crippen molar-refractivity contribution < 1.29 is 32.6 Å². The summed E-state index contributed by atoms with van der Waals surface area (Å²) in [5.41, 5.74) is -1.48. The Kier molecular flexibility index (Phi) is 6.59. The number of rotatable bonds is 7. The Labute approximate surface area is 181 Å². The second-order valence-electron chi connectivity index (χ2n) is 7.31. The fourth-order valence-corrected chi connectivity index (χ4v) is 3.43. The van der Waals surface area contributed by atoms with Crippen LogP contribution < -0.4 is 5.32 Å². The van der Waals surface area contributed by atoms with Gasteiger partial charge in [-0.25, -0.2) is 4.79 Å². The fourth-order valence-electron chi connectivity index (χ4n) is 3.23. The van der Waals surface area contributed by atoms with Gasteiger partial charge < -0.3 is 15.2 Å². The van der Waals surface area contributed by atoms with Gasteiger partial charge in [-0.15, -0.1) is 0 Å². The molecular weight excluding hydrogens is 437 g/mol. The molecule has 0 spiro atoms. The first-order chi connectivity index (χ1) is 14.5. The molecule has 1 heterocycles. The Morgan fingerprint density at radius 2 is 1.81 bits per heavy atom. The average molecular weight is 457 g/mol. The number of carbonyl (C=O) groups excluding carboxylic acids is 2. The van der Waals surface area contributed by atoms with Gasteiger partial charge in [-0.1, -0.05) is 41.9 Å². The molecule has 1 fully saturated rings. The quantitative estimate of drug-likeness (QED) is 0.623. The Bertz CT molecular complexity index is 968. The van der Waals surface area contributed by atoms with Crippen LogP contribution in [0.15, 0.2) is 48.5 Å². The Balaban J connectivity index is 1.62. The van der Waals surface area contributed by atoms with E-state index < -0.39 is 35.3 Å². The van der Waals surface area contributed by atoms with Gasteiger partial charge in [0.2, 0.25) is 0 Å². The van der Waals surface area contributed by atoms with Gasteiger partial charge in [0.15, 0.2) is 0 Å². The van der Waals surface area contributed by atoms with E-state index in [1.165, 1.54) is 6.92 Å². The van der Waals surface area contributed by atoms with Crippen LogP contribution in [0.3, 0.4) is 0 Å². The van der Waals surface area contributed by atoms with Crippen LogP contribution in [0.1, 0.15) is 23.6 Å². The number of β-amino-alcohol motifs (C(OH)–C–C–N with tert-alkyl or cyclic N) is 1. The van der Waals surface area contributed by atoms with Crippen molar-refractivity contribution >= 4 is 23.5 Å². The number of carbonyl (C=O) groups is 2. The van der Waals surface area contributed by atoms with Crippen LogP contribution in [-0.4, -0.2) is 41.2 Å². The number of benzene rings is 2. The molecule has 1 aliphatic rings. The van der Waals surface area contributed by atoms with Crippen LogP contribution in [0.4, 0.5) is 18.0 Å². The minimum absolute atomic E-state index is 0.139. The first-order valence-electron chi connectivity index (χ1n) is 9.33. The number of nitrogens with zero attached hydrogens (tertiary/aromatic N) is 1. The molecule has 0 radical (unpaired) electrons. The monoisotopic (exact) mass is 456 g/mol. The van der Waals surface area contributed by atoms with Crippen LogP contribution in [0.5, 0.6) is 0 Å². The molecule has 1 saturated heterocycles. The zero-order valence-electron chi connectivity index (χ0n) is 16.4. The molecule has 0 saturated carbocycles. The lowest BCUT2D eigenvalue weighted by Gasteiger charge is -2.23. The van der Waals surface area contributed by atoms with E-state index >= 15 is 0 Å². The summed E-state index contributed by atoms with van der Waals surface area (Å²) in [7, 11) is 0. The van der Waals surface area contributed by atoms with Gasteiger partial charge in [-0.05, 0) is 36.2 Å². The molecule has 2 N–H and O–H groups in total. The molecule has 2 aromatic rings. The minimum atomic E-state index is -4.51. The Morgan fingerprint density at radius 1 is 1.16 bits per heavy atom. The number of urea groups is 1. The molecule has 1 aliphatic heterocycles. The lowest BCUT2D eigenvalue weighted by molar-refractivity contribution is -0.137. The van der Waals surface area contributed by atoms with E-state index in [0.717, 1.165) is 34.7 Å². The number of halogens is 4. The number of imide groups is 1. The molecule has 2 atom stereocenters. The molecule has 0 aromatic heterocycles. The minimum Gasteiger partial charge on any atom is -0.389 e. The van der Waals surface area contributed by atoms with Crippen LogP contribution in [-0.2, 0) is 27.9 Å². The highest BCUT2D eigenvalue weighted by molar-refractivity contribution is 6.31. The summed E-state index contributed by atoms with van der Waals surface area (Å²) >= 11 is 6.03. The van der Waals surface area contributed by atoms with Gasteiger partial charge in [-0.2, -0.15) is 13.2 Å².